The third-order valence-corrected chi connectivity index (χ3v) is 3.08. The molecule has 0 saturated carbocycles. The van der Waals surface area contributed by atoms with Crippen LogP contribution in [0.5, 0.6) is 0 Å². The molecule has 1 aromatic carbocycles. The van der Waals surface area contributed by atoms with Crippen molar-refractivity contribution in [1.29, 1.82) is 0 Å². The molecule has 1 aromatic rings. The quantitative estimate of drug-likeness (QED) is 0.829. The van der Waals surface area contributed by atoms with E-state index in [1.54, 1.807) is 0 Å². The summed E-state index contributed by atoms with van der Waals surface area (Å²) >= 11 is 0. The first-order valence-electron chi connectivity index (χ1n) is 5.62. The minimum Gasteiger partial charge on any atom is -0.314 e. The molecule has 0 spiro atoms. The molecule has 0 amide bonds. The molecule has 1 aliphatic heterocycles. The van der Waals surface area contributed by atoms with Gasteiger partial charge in [-0.1, -0.05) is 6.92 Å². The highest BCUT2D eigenvalue weighted by Gasteiger charge is 2.25. The highest BCUT2D eigenvalue weighted by atomic mass is 19.1. The zero-order valence-electron chi connectivity index (χ0n) is 9.34. The number of benzene rings is 1. The van der Waals surface area contributed by atoms with E-state index in [9.17, 15) is 8.78 Å². The van der Waals surface area contributed by atoms with Gasteiger partial charge in [0.05, 0.1) is 6.04 Å². The Balaban J connectivity index is 2.30. The molecule has 1 N–H and O–H groups in total. The molecule has 1 fully saturated rings. The summed E-state index contributed by atoms with van der Waals surface area (Å²) in [6, 6.07) is 3.60. The zero-order chi connectivity index (χ0) is 11.5. The minimum atomic E-state index is -0.377. The van der Waals surface area contributed by atoms with E-state index in [0.29, 0.717) is 12.1 Å². The second kappa shape index (κ2) is 4.89. The van der Waals surface area contributed by atoms with Crippen LogP contribution in [0.15, 0.2) is 18.2 Å². The summed E-state index contributed by atoms with van der Waals surface area (Å²) in [6.45, 7) is 5.34. The predicted molar refractivity (Wildman–Crippen MR) is 59.2 cm³/mol. The van der Waals surface area contributed by atoms with Crippen molar-refractivity contribution in [2.45, 2.75) is 13.0 Å². The Labute approximate surface area is 94.3 Å². The van der Waals surface area contributed by atoms with Crippen LogP contribution < -0.4 is 5.32 Å². The first kappa shape index (κ1) is 11.5. The number of hydrogen-bond donors (Lipinski definition) is 1. The van der Waals surface area contributed by atoms with E-state index >= 15 is 0 Å². The molecular weight excluding hydrogens is 210 g/mol. The highest BCUT2D eigenvalue weighted by molar-refractivity contribution is 5.23. The lowest BCUT2D eigenvalue weighted by Gasteiger charge is -2.35. The molecule has 1 saturated heterocycles. The van der Waals surface area contributed by atoms with Crippen molar-refractivity contribution in [3.8, 4) is 0 Å². The van der Waals surface area contributed by atoms with Gasteiger partial charge in [0, 0.05) is 25.2 Å². The molecule has 0 aromatic heterocycles. The van der Waals surface area contributed by atoms with Crippen molar-refractivity contribution < 1.29 is 8.78 Å². The molecule has 16 heavy (non-hydrogen) atoms. The van der Waals surface area contributed by atoms with Gasteiger partial charge in [-0.25, -0.2) is 8.78 Å². The molecule has 1 heterocycles. The molecule has 1 aliphatic rings. The fourth-order valence-electron chi connectivity index (χ4n) is 2.20. The van der Waals surface area contributed by atoms with Gasteiger partial charge in [0.15, 0.2) is 0 Å². The summed E-state index contributed by atoms with van der Waals surface area (Å²) in [7, 11) is 0. The Kier molecular flexibility index (Phi) is 3.51. The standard InChI is InChI=1S/C12H16F2N2/c1-2-16-6-5-15-8-12(16)10-7-9(13)3-4-11(10)14/h3-4,7,12,15H,2,5-6,8H2,1H3. The monoisotopic (exact) mass is 226 g/mol. The number of piperazine rings is 1. The van der Waals surface area contributed by atoms with Gasteiger partial charge in [0.25, 0.3) is 0 Å². The Morgan fingerprint density at radius 3 is 3.00 bits per heavy atom. The average Bonchev–Trinajstić information content (AvgIpc) is 2.32. The lowest BCUT2D eigenvalue weighted by molar-refractivity contribution is 0.167. The number of halogens is 2. The van der Waals surface area contributed by atoms with Gasteiger partial charge in [-0.2, -0.15) is 0 Å². The molecule has 88 valence electrons. The largest absolute Gasteiger partial charge is 0.314 e. The maximum absolute atomic E-state index is 13.6. The summed E-state index contributed by atoms with van der Waals surface area (Å²) in [4.78, 5) is 2.16. The van der Waals surface area contributed by atoms with Crippen molar-refractivity contribution in [2.75, 3.05) is 26.2 Å². The number of likely N-dealkylation sites (N-methyl/N-ethyl adjacent to an activating group) is 1. The summed E-state index contributed by atoms with van der Waals surface area (Å²) in [5, 5.41) is 3.21. The van der Waals surface area contributed by atoms with Crippen molar-refractivity contribution in [3.05, 3.63) is 35.4 Å². The Morgan fingerprint density at radius 2 is 2.25 bits per heavy atom. The van der Waals surface area contributed by atoms with E-state index < -0.39 is 0 Å². The second-order valence-corrected chi connectivity index (χ2v) is 4.01. The predicted octanol–water partition coefficient (Wildman–Crippen LogP) is 1.93. The molecule has 2 nitrogen and oxygen atoms in total. The molecular formula is C12H16F2N2. The minimum absolute atomic E-state index is 0.0607. The Hall–Kier alpha value is -1.00. The smallest absolute Gasteiger partial charge is 0.128 e. The van der Waals surface area contributed by atoms with Crippen molar-refractivity contribution >= 4 is 0 Å². The maximum Gasteiger partial charge on any atom is 0.128 e. The van der Waals surface area contributed by atoms with Gasteiger partial charge < -0.3 is 5.32 Å². The SMILES string of the molecule is CCN1CCNCC1c1cc(F)ccc1F. The fourth-order valence-corrected chi connectivity index (χ4v) is 2.20. The van der Waals surface area contributed by atoms with Gasteiger partial charge >= 0.3 is 0 Å². The van der Waals surface area contributed by atoms with E-state index in [4.69, 9.17) is 0 Å². The highest BCUT2D eigenvalue weighted by Crippen LogP contribution is 2.24. The first-order valence-corrected chi connectivity index (χ1v) is 5.62. The normalized spacial score (nSPS) is 22.3. The van der Waals surface area contributed by atoms with Gasteiger partial charge in [-0.05, 0) is 24.7 Å². The van der Waals surface area contributed by atoms with Gasteiger partial charge in [-0.3, -0.25) is 4.90 Å². The fraction of sp³-hybridized carbons (Fsp3) is 0.500. The van der Waals surface area contributed by atoms with Crippen LogP contribution >= 0.6 is 0 Å². The molecule has 1 unspecified atom stereocenters. The van der Waals surface area contributed by atoms with Crippen LogP contribution in [0.2, 0.25) is 0 Å². The van der Waals surface area contributed by atoms with Crippen LogP contribution in [-0.2, 0) is 0 Å². The lowest BCUT2D eigenvalue weighted by Crippen LogP contribution is -2.46. The van der Waals surface area contributed by atoms with Gasteiger partial charge in [0.2, 0.25) is 0 Å². The van der Waals surface area contributed by atoms with E-state index in [0.717, 1.165) is 25.7 Å². The van der Waals surface area contributed by atoms with Crippen molar-refractivity contribution in [1.82, 2.24) is 10.2 Å². The summed E-state index contributed by atoms with van der Waals surface area (Å²) in [6.07, 6.45) is 0. The van der Waals surface area contributed by atoms with Crippen LogP contribution in [0.1, 0.15) is 18.5 Å². The van der Waals surface area contributed by atoms with Gasteiger partial charge in [0.1, 0.15) is 11.6 Å². The lowest BCUT2D eigenvalue weighted by atomic mass is 10.0. The summed E-state index contributed by atoms with van der Waals surface area (Å²) in [5.41, 5.74) is 0.453. The molecule has 2 rings (SSSR count). The second-order valence-electron chi connectivity index (χ2n) is 4.01. The van der Waals surface area contributed by atoms with Crippen LogP contribution in [0, 0.1) is 11.6 Å². The van der Waals surface area contributed by atoms with Gasteiger partial charge in [-0.15, -0.1) is 0 Å². The van der Waals surface area contributed by atoms with Crippen molar-refractivity contribution in [2.24, 2.45) is 0 Å². The van der Waals surface area contributed by atoms with Crippen LogP contribution in [-0.4, -0.2) is 31.1 Å². The average molecular weight is 226 g/mol. The Morgan fingerprint density at radius 1 is 1.44 bits per heavy atom. The first-order chi connectivity index (χ1) is 7.72. The number of rotatable bonds is 2. The summed E-state index contributed by atoms with van der Waals surface area (Å²) < 4.78 is 26.8. The molecule has 0 bridgehead atoms. The molecule has 1 atom stereocenters. The van der Waals surface area contributed by atoms with Crippen molar-refractivity contribution in [3.63, 3.8) is 0 Å². The van der Waals surface area contributed by atoms with Crippen LogP contribution in [0.4, 0.5) is 8.78 Å². The number of nitrogens with one attached hydrogen (secondary N) is 1. The molecule has 0 radical (unpaired) electrons. The topological polar surface area (TPSA) is 15.3 Å². The van der Waals surface area contributed by atoms with E-state index in [1.807, 2.05) is 6.92 Å². The van der Waals surface area contributed by atoms with E-state index in [-0.39, 0.29) is 17.7 Å². The third-order valence-electron chi connectivity index (χ3n) is 3.08. The zero-order valence-corrected chi connectivity index (χ0v) is 9.34. The maximum atomic E-state index is 13.6. The number of nitrogens with zero attached hydrogens (tertiary/aromatic N) is 1. The molecule has 0 aliphatic carbocycles. The number of hydrogen-bond acceptors (Lipinski definition) is 2. The molecule has 4 heteroatoms. The Bertz CT molecular complexity index is 368. The van der Waals surface area contributed by atoms with E-state index in [1.165, 1.54) is 12.1 Å². The third kappa shape index (κ3) is 2.23. The van der Waals surface area contributed by atoms with Crippen LogP contribution in [0.3, 0.4) is 0 Å². The summed E-state index contributed by atoms with van der Waals surface area (Å²) in [5.74, 6) is -0.702. The van der Waals surface area contributed by atoms with Crippen LogP contribution in [0.25, 0.3) is 0 Å². The van der Waals surface area contributed by atoms with E-state index in [2.05, 4.69) is 10.2 Å².